The molecule has 0 saturated heterocycles. The van der Waals surface area contributed by atoms with Crippen LogP contribution >= 0.6 is 7.60 Å². The topological polar surface area (TPSA) is 35.5 Å². The van der Waals surface area contributed by atoms with Gasteiger partial charge < -0.3 is 0 Å². The van der Waals surface area contributed by atoms with Crippen LogP contribution in [0, 0.1) is 0 Å². The number of rotatable bonds is 3. The third-order valence-corrected chi connectivity index (χ3v) is 6.92. The Morgan fingerprint density at radius 1 is 1.64 bits per heavy atom. The Morgan fingerprint density at radius 3 is 2.57 bits per heavy atom. The Bertz CT molecular complexity index is 333. The van der Waals surface area contributed by atoms with E-state index in [1.807, 2.05) is 13.8 Å². The fraction of sp³-hybridized carbons (Fsp3) is 0.556. The molecular weight excluding hydrogens is 266 g/mol. The summed E-state index contributed by atoms with van der Waals surface area (Å²) in [7, 11) is -1.67. The Hall–Kier alpha value is 0.149. The molecule has 0 N–H and O–H groups in total. The van der Waals surface area contributed by atoms with E-state index in [9.17, 15) is 4.57 Å². The average Bonchev–Trinajstić information content (AvgIpc) is 2.32. The van der Waals surface area contributed by atoms with Crippen LogP contribution in [0.5, 0.6) is 0 Å². The molecule has 1 heterocycles. The van der Waals surface area contributed by atoms with Crippen molar-refractivity contribution in [2.75, 3.05) is 7.11 Å². The van der Waals surface area contributed by atoms with Crippen molar-refractivity contribution in [3.63, 3.8) is 0 Å². The first-order chi connectivity index (χ1) is 6.41. The van der Waals surface area contributed by atoms with E-state index in [0.29, 0.717) is 5.31 Å². The van der Waals surface area contributed by atoms with E-state index in [4.69, 9.17) is 9.05 Å². The standard InChI is InChI=1S/C9H15O3PSe/c1-6-7-8(14-5)9(2,3)12-13(7,10)11-4/h6H,1H2,2-5H3. The van der Waals surface area contributed by atoms with Crippen LogP contribution in [0.15, 0.2) is 22.4 Å². The zero-order chi connectivity index (χ0) is 11.0. The summed E-state index contributed by atoms with van der Waals surface area (Å²) < 4.78 is 23.7. The van der Waals surface area contributed by atoms with E-state index < -0.39 is 13.2 Å². The molecule has 1 rings (SSSR count). The molecule has 14 heavy (non-hydrogen) atoms. The fourth-order valence-corrected chi connectivity index (χ4v) is 6.37. The molecule has 5 heteroatoms. The molecule has 80 valence electrons. The fourth-order valence-electron chi connectivity index (χ4n) is 1.51. The van der Waals surface area contributed by atoms with Crippen LogP contribution in [-0.2, 0) is 13.6 Å². The number of allylic oxidation sites excluding steroid dienone is 2. The summed E-state index contributed by atoms with van der Waals surface area (Å²) >= 11 is 0.248. The molecule has 1 atom stereocenters. The molecule has 0 aromatic carbocycles. The van der Waals surface area contributed by atoms with E-state index in [-0.39, 0.29) is 15.0 Å². The van der Waals surface area contributed by atoms with Gasteiger partial charge >= 0.3 is 91.0 Å². The molecule has 0 fully saturated rings. The molecule has 0 radical (unpaired) electrons. The van der Waals surface area contributed by atoms with Gasteiger partial charge in [-0.05, 0) is 0 Å². The normalized spacial score (nSPS) is 30.9. The second kappa shape index (κ2) is 3.96. The van der Waals surface area contributed by atoms with E-state index in [0.717, 1.165) is 4.47 Å². The van der Waals surface area contributed by atoms with E-state index >= 15 is 0 Å². The monoisotopic (exact) mass is 282 g/mol. The zero-order valence-corrected chi connectivity index (χ0v) is 11.5. The SMILES string of the molecule is C=CC1=C([Se]C)C(C)(C)OP1(=O)OC. The van der Waals surface area contributed by atoms with Crippen LogP contribution < -0.4 is 0 Å². The third kappa shape index (κ3) is 1.78. The molecule has 0 aliphatic carbocycles. The first-order valence-corrected chi connectivity index (χ1v) is 8.31. The van der Waals surface area contributed by atoms with Crippen molar-refractivity contribution in [2.24, 2.45) is 0 Å². The van der Waals surface area contributed by atoms with Crippen LogP contribution in [0.1, 0.15) is 13.8 Å². The quantitative estimate of drug-likeness (QED) is 0.589. The van der Waals surface area contributed by atoms with Gasteiger partial charge in [0, 0.05) is 0 Å². The van der Waals surface area contributed by atoms with Crippen LogP contribution in [0.3, 0.4) is 0 Å². The zero-order valence-electron chi connectivity index (χ0n) is 8.86. The maximum absolute atomic E-state index is 12.2. The molecular formula is C9H15O3PSe. The summed E-state index contributed by atoms with van der Waals surface area (Å²) in [5, 5.41) is 0.660. The second-order valence-electron chi connectivity index (χ2n) is 3.40. The van der Waals surface area contributed by atoms with Crippen molar-refractivity contribution in [3.05, 3.63) is 22.4 Å². The van der Waals surface area contributed by atoms with Crippen molar-refractivity contribution in [1.29, 1.82) is 0 Å². The minimum atomic E-state index is -3.08. The molecule has 1 aliphatic rings. The van der Waals surface area contributed by atoms with Gasteiger partial charge in [0.2, 0.25) is 0 Å². The molecule has 0 bridgehead atoms. The summed E-state index contributed by atoms with van der Waals surface area (Å²) in [4.78, 5) is 0. The van der Waals surface area contributed by atoms with Crippen molar-refractivity contribution in [1.82, 2.24) is 0 Å². The van der Waals surface area contributed by atoms with Gasteiger partial charge in [-0.2, -0.15) is 0 Å². The van der Waals surface area contributed by atoms with Gasteiger partial charge in [0.05, 0.1) is 0 Å². The summed E-state index contributed by atoms with van der Waals surface area (Å²) in [5.74, 6) is 2.07. The van der Waals surface area contributed by atoms with Gasteiger partial charge in [-0.25, -0.2) is 0 Å². The van der Waals surface area contributed by atoms with Crippen molar-refractivity contribution >= 4 is 22.6 Å². The Kier molecular flexibility index (Phi) is 3.45. The summed E-state index contributed by atoms with van der Waals surface area (Å²) in [6.07, 6.45) is 1.60. The Balaban J connectivity index is 3.32. The summed E-state index contributed by atoms with van der Waals surface area (Å²) in [6.45, 7) is 7.49. The van der Waals surface area contributed by atoms with Gasteiger partial charge in [-0.3, -0.25) is 0 Å². The predicted octanol–water partition coefficient (Wildman–Crippen LogP) is 2.78. The second-order valence-corrected chi connectivity index (χ2v) is 7.14. The molecule has 0 saturated carbocycles. The molecule has 0 spiro atoms. The summed E-state index contributed by atoms with van der Waals surface area (Å²) in [6, 6.07) is 0. The van der Waals surface area contributed by atoms with Crippen LogP contribution in [0.25, 0.3) is 0 Å². The van der Waals surface area contributed by atoms with Gasteiger partial charge in [-0.1, -0.05) is 0 Å². The number of hydrogen-bond donors (Lipinski definition) is 0. The van der Waals surface area contributed by atoms with Gasteiger partial charge in [0.1, 0.15) is 0 Å². The Morgan fingerprint density at radius 2 is 2.21 bits per heavy atom. The van der Waals surface area contributed by atoms with Crippen molar-refractivity contribution in [2.45, 2.75) is 25.3 Å². The Labute approximate surface area is 91.2 Å². The summed E-state index contributed by atoms with van der Waals surface area (Å²) in [5.41, 5.74) is -0.482. The molecule has 3 nitrogen and oxygen atoms in total. The van der Waals surface area contributed by atoms with Gasteiger partial charge in [0.15, 0.2) is 0 Å². The molecule has 1 unspecified atom stereocenters. The molecule has 0 aromatic heterocycles. The molecule has 1 aliphatic heterocycles. The van der Waals surface area contributed by atoms with Gasteiger partial charge in [-0.15, -0.1) is 0 Å². The maximum atomic E-state index is 12.2. The van der Waals surface area contributed by atoms with E-state index in [2.05, 4.69) is 12.4 Å². The first kappa shape index (κ1) is 12.2. The van der Waals surface area contributed by atoms with Crippen LogP contribution in [-0.4, -0.2) is 27.7 Å². The third-order valence-electron chi connectivity index (χ3n) is 2.06. The number of hydrogen-bond acceptors (Lipinski definition) is 3. The molecule has 0 amide bonds. The predicted molar refractivity (Wildman–Crippen MR) is 58.6 cm³/mol. The average molecular weight is 281 g/mol. The van der Waals surface area contributed by atoms with Gasteiger partial charge in [0.25, 0.3) is 0 Å². The van der Waals surface area contributed by atoms with Crippen molar-refractivity contribution < 1.29 is 13.6 Å². The minimum absolute atomic E-state index is 0.248. The van der Waals surface area contributed by atoms with Crippen molar-refractivity contribution in [3.8, 4) is 0 Å². The first-order valence-electron chi connectivity index (χ1n) is 4.19. The van der Waals surface area contributed by atoms with E-state index in [1.54, 1.807) is 6.08 Å². The van der Waals surface area contributed by atoms with Crippen LogP contribution in [0.4, 0.5) is 0 Å². The molecule has 0 aromatic rings. The van der Waals surface area contributed by atoms with E-state index in [1.165, 1.54) is 7.11 Å². The van der Waals surface area contributed by atoms with Crippen LogP contribution in [0.2, 0.25) is 5.82 Å².